The summed E-state index contributed by atoms with van der Waals surface area (Å²) in [6.45, 7) is 11.1. The molecule has 1 aromatic carbocycles. The lowest BCUT2D eigenvalue weighted by atomic mass is 10.0. The zero-order chi connectivity index (χ0) is 39.7. The summed E-state index contributed by atoms with van der Waals surface area (Å²) in [5.41, 5.74) is 0.393. The molecule has 0 heterocycles. The van der Waals surface area contributed by atoms with Crippen LogP contribution < -0.4 is 15.4 Å². The Morgan fingerprint density at radius 1 is 0.868 bits per heavy atom. The van der Waals surface area contributed by atoms with E-state index in [-0.39, 0.29) is 37.7 Å². The monoisotopic (exact) mass is 769 g/mol. The number of aromatic carboxylic acids is 1. The van der Waals surface area contributed by atoms with Crippen LogP contribution in [0.3, 0.4) is 0 Å². The molecule has 3 N–H and O–H groups in total. The highest BCUT2D eigenvalue weighted by molar-refractivity contribution is 7.54. The third kappa shape index (κ3) is 22.6. The molecule has 0 fully saturated rings. The molecule has 13 nitrogen and oxygen atoms in total. The molecule has 3 amide bonds. The van der Waals surface area contributed by atoms with E-state index in [0.717, 1.165) is 29.7 Å². The van der Waals surface area contributed by atoms with E-state index >= 15 is 0 Å². The Kier molecular flexibility index (Phi) is 24.0. The van der Waals surface area contributed by atoms with Crippen LogP contribution in [-0.4, -0.2) is 91.6 Å². The van der Waals surface area contributed by atoms with Crippen molar-refractivity contribution >= 4 is 31.5 Å². The molecule has 1 aromatic rings. The SMILES string of the molecule is CCCCCCCCCCCCc1ccc(C(=O)O)c(OC[C@H](CCCCNC(=O)OC(C)(C)C)NC(=O)CN(C)C(=O)CP(=O)(OCC)OCC)c1. The minimum absolute atomic E-state index is 0.0191. The van der Waals surface area contributed by atoms with Crippen LogP contribution in [0.25, 0.3) is 0 Å². The van der Waals surface area contributed by atoms with Crippen LogP contribution in [0.1, 0.15) is 141 Å². The first kappa shape index (κ1) is 47.9. The molecule has 0 unspecified atom stereocenters. The zero-order valence-corrected chi connectivity index (χ0v) is 34.4. The molecule has 0 radical (unpaired) electrons. The molecular weight excluding hydrogens is 701 g/mol. The predicted octanol–water partition coefficient (Wildman–Crippen LogP) is 8.13. The summed E-state index contributed by atoms with van der Waals surface area (Å²) < 4.78 is 34.7. The van der Waals surface area contributed by atoms with Gasteiger partial charge in [0.15, 0.2) is 0 Å². The van der Waals surface area contributed by atoms with Gasteiger partial charge in [0.25, 0.3) is 0 Å². The van der Waals surface area contributed by atoms with E-state index in [4.69, 9.17) is 18.5 Å². The molecule has 304 valence electrons. The lowest BCUT2D eigenvalue weighted by Gasteiger charge is -2.24. The van der Waals surface area contributed by atoms with Crippen molar-refractivity contribution in [1.29, 1.82) is 0 Å². The lowest BCUT2D eigenvalue weighted by Crippen LogP contribution is -2.45. The maximum atomic E-state index is 13.1. The number of ether oxygens (including phenoxy) is 2. The summed E-state index contributed by atoms with van der Waals surface area (Å²) in [6, 6.07) is 4.60. The topological polar surface area (TPSA) is 170 Å². The van der Waals surface area contributed by atoms with Crippen molar-refractivity contribution in [2.75, 3.05) is 46.1 Å². The maximum absolute atomic E-state index is 13.1. The summed E-state index contributed by atoms with van der Waals surface area (Å²) >= 11 is 0. The summed E-state index contributed by atoms with van der Waals surface area (Å²) in [5.74, 6) is -1.94. The Labute approximate surface area is 318 Å². The quantitative estimate of drug-likeness (QED) is 0.0534. The van der Waals surface area contributed by atoms with Gasteiger partial charge in [0.2, 0.25) is 11.8 Å². The van der Waals surface area contributed by atoms with Crippen molar-refractivity contribution in [3.05, 3.63) is 29.3 Å². The van der Waals surface area contributed by atoms with E-state index in [1.54, 1.807) is 46.8 Å². The summed E-state index contributed by atoms with van der Waals surface area (Å²) in [7, 11) is -2.22. The first-order valence-electron chi connectivity index (χ1n) is 19.5. The zero-order valence-electron chi connectivity index (χ0n) is 33.5. The van der Waals surface area contributed by atoms with Crippen molar-refractivity contribution in [1.82, 2.24) is 15.5 Å². The van der Waals surface area contributed by atoms with Gasteiger partial charge in [-0.1, -0.05) is 70.8 Å². The van der Waals surface area contributed by atoms with E-state index in [1.807, 2.05) is 6.07 Å². The third-order valence-corrected chi connectivity index (χ3v) is 10.3. The number of nitrogens with zero attached hydrogens (tertiary/aromatic N) is 1. The number of carboxylic acids is 1. The van der Waals surface area contributed by atoms with E-state index < -0.39 is 49.3 Å². The average molecular weight is 770 g/mol. The Morgan fingerprint density at radius 3 is 2.04 bits per heavy atom. The van der Waals surface area contributed by atoms with Crippen molar-refractivity contribution in [2.45, 2.75) is 143 Å². The van der Waals surface area contributed by atoms with E-state index in [0.29, 0.717) is 25.8 Å². The molecule has 0 aliphatic rings. The fourth-order valence-electron chi connectivity index (χ4n) is 5.63. The number of hydrogen-bond acceptors (Lipinski definition) is 9. The molecule has 14 heteroatoms. The van der Waals surface area contributed by atoms with Gasteiger partial charge in [-0.05, 0) is 84.4 Å². The van der Waals surface area contributed by atoms with Crippen LogP contribution in [-0.2, 0) is 34.4 Å². The molecule has 0 saturated heterocycles. The highest BCUT2D eigenvalue weighted by atomic mass is 31.2. The van der Waals surface area contributed by atoms with Gasteiger partial charge in [0.1, 0.15) is 29.7 Å². The fraction of sp³-hybridized carbons (Fsp3) is 0.744. The number of carbonyl (C=O) groups excluding carboxylic acids is 3. The second-order valence-corrected chi connectivity index (χ2v) is 16.5. The van der Waals surface area contributed by atoms with Crippen LogP contribution in [0.4, 0.5) is 4.79 Å². The van der Waals surface area contributed by atoms with Gasteiger partial charge < -0.3 is 39.2 Å². The van der Waals surface area contributed by atoms with Gasteiger partial charge in [-0.25, -0.2) is 9.59 Å². The number of benzene rings is 1. The van der Waals surface area contributed by atoms with Crippen molar-refractivity contribution in [2.24, 2.45) is 0 Å². The second-order valence-electron chi connectivity index (χ2n) is 14.4. The van der Waals surface area contributed by atoms with Crippen LogP contribution in [0.15, 0.2) is 18.2 Å². The smallest absolute Gasteiger partial charge is 0.407 e. The van der Waals surface area contributed by atoms with Crippen LogP contribution >= 0.6 is 7.60 Å². The molecule has 1 atom stereocenters. The van der Waals surface area contributed by atoms with Gasteiger partial charge in [0, 0.05) is 13.6 Å². The fourth-order valence-corrected chi connectivity index (χ4v) is 7.24. The van der Waals surface area contributed by atoms with Gasteiger partial charge in [-0.15, -0.1) is 0 Å². The molecule has 0 aliphatic heterocycles. The number of likely N-dealkylation sites (N-methyl/N-ethyl adjacent to an activating group) is 1. The van der Waals surface area contributed by atoms with Gasteiger partial charge >= 0.3 is 19.7 Å². The standard InChI is InChI=1S/C39H68N3O10P/c1-8-11-12-13-14-15-16-17-18-19-22-31-24-25-33(37(45)46)34(27-31)49-29-32(23-20-21-26-40-38(47)52-39(4,5)6)41-35(43)28-42(7)36(44)30-53(48,50-9-2)51-10-3/h24-25,27,32H,8-23,26,28-30H2,1-7H3,(H,40,47)(H,41,43)(H,45,46)/t32-/m0/s1. The highest BCUT2D eigenvalue weighted by Crippen LogP contribution is 2.47. The van der Waals surface area contributed by atoms with Crippen molar-refractivity contribution in [3.63, 3.8) is 0 Å². The predicted molar refractivity (Wildman–Crippen MR) is 208 cm³/mol. The molecular formula is C39H68N3O10P. The number of hydrogen-bond donors (Lipinski definition) is 3. The summed E-state index contributed by atoms with van der Waals surface area (Å²) in [6.07, 6.45) is 13.7. The minimum Gasteiger partial charge on any atom is -0.491 e. The number of carbonyl (C=O) groups is 4. The normalized spacial score (nSPS) is 12.2. The molecule has 0 spiro atoms. The Balaban J connectivity index is 2.89. The molecule has 1 rings (SSSR count). The third-order valence-electron chi connectivity index (χ3n) is 8.34. The van der Waals surface area contributed by atoms with Gasteiger partial charge in [-0.2, -0.15) is 0 Å². The van der Waals surface area contributed by atoms with E-state index in [1.165, 1.54) is 58.4 Å². The number of unbranched alkanes of at least 4 members (excludes halogenated alkanes) is 10. The number of aryl methyl sites for hydroxylation is 1. The lowest BCUT2D eigenvalue weighted by molar-refractivity contribution is -0.133. The number of rotatable bonds is 29. The molecule has 0 saturated carbocycles. The van der Waals surface area contributed by atoms with E-state index in [2.05, 4.69) is 17.6 Å². The van der Waals surface area contributed by atoms with Crippen LogP contribution in [0.2, 0.25) is 0 Å². The van der Waals surface area contributed by atoms with E-state index in [9.17, 15) is 28.8 Å². The Morgan fingerprint density at radius 2 is 1.47 bits per heavy atom. The number of alkyl carbamates (subject to hydrolysis) is 1. The van der Waals surface area contributed by atoms with Gasteiger partial charge in [-0.3, -0.25) is 14.2 Å². The Bertz CT molecular complexity index is 1280. The van der Waals surface area contributed by atoms with Gasteiger partial charge in [0.05, 0.1) is 25.8 Å². The molecule has 53 heavy (non-hydrogen) atoms. The first-order chi connectivity index (χ1) is 25.1. The van der Waals surface area contributed by atoms with Crippen molar-refractivity contribution < 1.29 is 47.4 Å². The molecule has 0 bridgehead atoms. The molecule has 0 aromatic heterocycles. The van der Waals surface area contributed by atoms with Crippen LogP contribution in [0.5, 0.6) is 5.75 Å². The summed E-state index contributed by atoms with van der Waals surface area (Å²) in [5, 5.41) is 15.5. The van der Waals surface area contributed by atoms with Crippen LogP contribution in [0, 0.1) is 0 Å². The summed E-state index contributed by atoms with van der Waals surface area (Å²) in [4.78, 5) is 51.3. The maximum Gasteiger partial charge on any atom is 0.407 e. The average Bonchev–Trinajstić information content (AvgIpc) is 3.06. The highest BCUT2D eigenvalue weighted by Gasteiger charge is 2.30. The second kappa shape index (κ2) is 26.6. The molecule has 0 aliphatic carbocycles. The first-order valence-corrected chi connectivity index (χ1v) is 21.2. The Hall–Kier alpha value is -3.15. The largest absolute Gasteiger partial charge is 0.491 e. The number of nitrogens with one attached hydrogen (secondary N) is 2. The number of carboxylic acid groups (broad SMARTS) is 1. The number of amides is 3. The minimum atomic E-state index is -3.65. The van der Waals surface area contributed by atoms with Crippen molar-refractivity contribution in [3.8, 4) is 5.75 Å².